The van der Waals surface area contributed by atoms with E-state index in [1.165, 1.54) is 5.56 Å². The van der Waals surface area contributed by atoms with Gasteiger partial charge in [-0.3, -0.25) is 15.1 Å². The summed E-state index contributed by atoms with van der Waals surface area (Å²) in [5.74, 6) is 0.0319. The Hall–Kier alpha value is -2.56. The lowest BCUT2D eigenvalue weighted by Crippen LogP contribution is -2.42. The number of likely N-dealkylation sites (tertiary alicyclic amines) is 1. The molecule has 0 saturated carbocycles. The van der Waals surface area contributed by atoms with Crippen LogP contribution in [0.2, 0.25) is 5.02 Å². The van der Waals surface area contributed by atoms with Gasteiger partial charge in [0.25, 0.3) is 0 Å². The van der Waals surface area contributed by atoms with E-state index >= 15 is 0 Å². The first-order chi connectivity index (χ1) is 14.7. The maximum absolute atomic E-state index is 12.6. The molecule has 0 bridgehead atoms. The van der Waals surface area contributed by atoms with E-state index in [9.17, 15) is 4.79 Å². The number of benzene rings is 2. The molecule has 4 nitrogen and oxygen atoms in total. The second kappa shape index (κ2) is 8.52. The van der Waals surface area contributed by atoms with Crippen molar-refractivity contribution in [3.63, 3.8) is 0 Å². The third-order valence-corrected chi connectivity index (χ3v) is 6.30. The molecule has 0 aliphatic carbocycles. The smallest absolute Gasteiger partial charge is 0.187 e. The van der Waals surface area contributed by atoms with Gasteiger partial charge >= 0.3 is 0 Å². The van der Waals surface area contributed by atoms with Gasteiger partial charge in [0.1, 0.15) is 5.60 Å². The first kappa shape index (κ1) is 21.7. The molecule has 4 rings (SSSR count). The van der Waals surface area contributed by atoms with E-state index < -0.39 is 0 Å². The molecule has 0 unspecified atom stereocenters. The summed E-state index contributed by atoms with van der Waals surface area (Å²) in [5.41, 5.74) is 6.86. The number of halogens is 1. The molecule has 2 aliphatic heterocycles. The van der Waals surface area contributed by atoms with Crippen molar-refractivity contribution >= 4 is 23.1 Å². The number of carbonyl (C=O) groups is 1. The van der Waals surface area contributed by atoms with E-state index in [1.54, 1.807) is 6.08 Å². The van der Waals surface area contributed by atoms with Crippen LogP contribution < -0.4 is 5.48 Å². The summed E-state index contributed by atoms with van der Waals surface area (Å²) in [5, 5.41) is 0.720. The second-order valence-corrected chi connectivity index (χ2v) is 9.81. The van der Waals surface area contributed by atoms with Gasteiger partial charge in [0, 0.05) is 48.8 Å². The van der Waals surface area contributed by atoms with Crippen LogP contribution in [0, 0.1) is 0 Å². The second-order valence-electron chi connectivity index (χ2n) is 9.38. The molecule has 2 heterocycles. The first-order valence-electron chi connectivity index (χ1n) is 10.7. The van der Waals surface area contributed by atoms with Crippen LogP contribution in [0.3, 0.4) is 0 Å². The Morgan fingerprint density at radius 1 is 1.06 bits per heavy atom. The summed E-state index contributed by atoms with van der Waals surface area (Å²) < 4.78 is 0. The number of hydroxylamine groups is 1. The van der Waals surface area contributed by atoms with E-state index in [4.69, 9.17) is 16.4 Å². The quantitative estimate of drug-likeness (QED) is 0.489. The van der Waals surface area contributed by atoms with E-state index in [0.717, 1.165) is 47.8 Å². The van der Waals surface area contributed by atoms with Gasteiger partial charge in [0.15, 0.2) is 5.78 Å². The minimum absolute atomic E-state index is 0.0319. The van der Waals surface area contributed by atoms with Crippen LogP contribution in [0.4, 0.5) is 0 Å². The zero-order chi connectivity index (χ0) is 22.1. The fourth-order valence-corrected chi connectivity index (χ4v) is 4.08. The van der Waals surface area contributed by atoms with Crippen LogP contribution in [0.25, 0.3) is 5.70 Å². The van der Waals surface area contributed by atoms with Crippen molar-refractivity contribution in [3.8, 4) is 0 Å². The summed E-state index contributed by atoms with van der Waals surface area (Å²) >= 11 is 5.99. The number of hydrogen-bond donors (Lipinski definition) is 1. The highest BCUT2D eigenvalue weighted by Gasteiger charge is 2.38. The highest BCUT2D eigenvalue weighted by Crippen LogP contribution is 2.35. The Kier molecular flexibility index (Phi) is 5.96. The molecule has 0 atom stereocenters. The lowest BCUT2D eigenvalue weighted by Gasteiger charge is -2.36. The average molecular weight is 437 g/mol. The van der Waals surface area contributed by atoms with Crippen molar-refractivity contribution in [1.82, 2.24) is 10.4 Å². The molecule has 2 aromatic carbocycles. The molecule has 31 heavy (non-hydrogen) atoms. The highest BCUT2D eigenvalue weighted by atomic mass is 35.5. The monoisotopic (exact) mass is 436 g/mol. The number of carbonyl (C=O) groups excluding carboxylic acids is 1. The molecule has 0 amide bonds. The third kappa shape index (κ3) is 5.03. The minimum atomic E-state index is -0.299. The van der Waals surface area contributed by atoms with Crippen molar-refractivity contribution in [1.29, 1.82) is 0 Å². The lowest BCUT2D eigenvalue weighted by atomic mass is 9.86. The van der Waals surface area contributed by atoms with Crippen LogP contribution in [0.15, 0.2) is 66.9 Å². The van der Waals surface area contributed by atoms with Crippen LogP contribution in [0.1, 0.15) is 55.1 Å². The van der Waals surface area contributed by atoms with Gasteiger partial charge < -0.3 is 4.90 Å². The van der Waals surface area contributed by atoms with E-state index in [-0.39, 0.29) is 16.8 Å². The molecule has 162 valence electrons. The molecule has 1 saturated heterocycles. The fraction of sp³-hybridized carbons (Fsp3) is 0.346. The maximum Gasteiger partial charge on any atom is 0.187 e. The molecule has 1 N–H and O–H groups in total. The van der Waals surface area contributed by atoms with Gasteiger partial charge in [-0.05, 0) is 34.8 Å². The number of nitrogens with zero attached hydrogens (tertiary/aromatic N) is 1. The number of nitrogens with one attached hydrogen (secondary N) is 1. The van der Waals surface area contributed by atoms with Crippen molar-refractivity contribution in [3.05, 3.63) is 88.6 Å². The van der Waals surface area contributed by atoms with Gasteiger partial charge in [-0.15, -0.1) is 0 Å². The Morgan fingerprint density at radius 3 is 2.32 bits per heavy atom. The molecular weight excluding hydrogens is 408 g/mol. The van der Waals surface area contributed by atoms with Crippen LogP contribution in [-0.2, 0) is 10.3 Å². The maximum atomic E-state index is 12.6. The SMILES string of the molecule is CC(C)(C)c1ccc(C(=O)C=CN2CCC3(C=C(c4ccc(Cl)cc4)NO3)CC2)cc1. The number of rotatable bonds is 4. The van der Waals surface area contributed by atoms with Gasteiger partial charge in [0.2, 0.25) is 0 Å². The molecular formula is C26H29ClN2O2. The van der Waals surface area contributed by atoms with Crippen molar-refractivity contribution in [2.75, 3.05) is 13.1 Å². The van der Waals surface area contributed by atoms with Crippen molar-refractivity contribution in [2.45, 2.75) is 44.6 Å². The van der Waals surface area contributed by atoms with E-state index in [0.29, 0.717) is 0 Å². The van der Waals surface area contributed by atoms with E-state index in [2.05, 4.69) is 37.2 Å². The third-order valence-electron chi connectivity index (χ3n) is 6.04. The predicted molar refractivity (Wildman–Crippen MR) is 126 cm³/mol. The van der Waals surface area contributed by atoms with Crippen LogP contribution in [-0.4, -0.2) is 29.4 Å². The van der Waals surface area contributed by atoms with Crippen LogP contribution in [0.5, 0.6) is 0 Å². The van der Waals surface area contributed by atoms with E-state index in [1.807, 2.05) is 54.7 Å². The summed E-state index contributed by atoms with van der Waals surface area (Å²) in [6.07, 6.45) is 7.48. The van der Waals surface area contributed by atoms with Gasteiger partial charge in [0.05, 0.1) is 5.70 Å². The van der Waals surface area contributed by atoms with Crippen molar-refractivity contribution < 1.29 is 9.63 Å². The normalized spacial score (nSPS) is 18.3. The molecule has 5 heteroatoms. The predicted octanol–water partition coefficient (Wildman–Crippen LogP) is 5.74. The number of hydrogen-bond acceptors (Lipinski definition) is 4. The number of piperidine rings is 1. The standard InChI is InChI=1S/C26H29ClN2O2/c1-25(2,3)21-8-4-20(5-9-21)24(30)12-15-29-16-13-26(14-17-29)18-23(28-31-26)19-6-10-22(27)11-7-19/h4-12,15,18,28H,13-14,16-17H2,1-3H3. The minimum Gasteiger partial charge on any atom is -0.377 e. The number of allylic oxidation sites excluding steroid dienone is 1. The molecule has 1 fully saturated rings. The molecule has 2 aliphatic rings. The van der Waals surface area contributed by atoms with Crippen molar-refractivity contribution in [2.24, 2.45) is 0 Å². The molecule has 2 aromatic rings. The van der Waals surface area contributed by atoms with Crippen LogP contribution >= 0.6 is 11.6 Å². The Balaban J connectivity index is 1.34. The van der Waals surface area contributed by atoms with Gasteiger partial charge in [-0.2, -0.15) is 0 Å². The average Bonchev–Trinajstić information content (AvgIpc) is 3.17. The zero-order valence-corrected chi connectivity index (χ0v) is 19.1. The Bertz CT molecular complexity index is 993. The lowest BCUT2D eigenvalue weighted by molar-refractivity contribution is -0.0639. The van der Waals surface area contributed by atoms with Gasteiger partial charge in [-0.25, -0.2) is 0 Å². The fourth-order valence-electron chi connectivity index (χ4n) is 3.95. The summed E-state index contributed by atoms with van der Waals surface area (Å²) in [6, 6.07) is 15.7. The zero-order valence-electron chi connectivity index (χ0n) is 18.3. The highest BCUT2D eigenvalue weighted by molar-refractivity contribution is 6.30. The molecule has 1 spiro atoms. The first-order valence-corrected chi connectivity index (χ1v) is 11.1. The Labute approximate surface area is 189 Å². The largest absolute Gasteiger partial charge is 0.377 e. The summed E-state index contributed by atoms with van der Waals surface area (Å²) in [7, 11) is 0. The molecule has 0 radical (unpaired) electrons. The topological polar surface area (TPSA) is 41.6 Å². The molecule has 0 aromatic heterocycles. The summed E-state index contributed by atoms with van der Waals surface area (Å²) in [6.45, 7) is 8.18. The summed E-state index contributed by atoms with van der Waals surface area (Å²) in [4.78, 5) is 20.7. The Morgan fingerprint density at radius 2 is 1.71 bits per heavy atom. The van der Waals surface area contributed by atoms with Gasteiger partial charge in [-0.1, -0.05) is 68.8 Å². The number of ketones is 1.